The first kappa shape index (κ1) is 20.0. The van der Waals surface area contributed by atoms with E-state index in [2.05, 4.69) is 10.5 Å². The second kappa shape index (κ2) is 8.20. The van der Waals surface area contributed by atoms with E-state index in [1.165, 1.54) is 4.90 Å². The summed E-state index contributed by atoms with van der Waals surface area (Å²) in [6, 6.07) is 6.48. The van der Waals surface area contributed by atoms with Gasteiger partial charge in [-0.25, -0.2) is 0 Å². The fraction of sp³-hybridized carbons (Fsp3) is 0.400. The van der Waals surface area contributed by atoms with Crippen LogP contribution < -0.4 is 5.32 Å². The summed E-state index contributed by atoms with van der Waals surface area (Å²) < 4.78 is 5.28. The van der Waals surface area contributed by atoms with Crippen LogP contribution in [0.25, 0.3) is 11.3 Å². The van der Waals surface area contributed by atoms with Crippen LogP contribution in [0.1, 0.15) is 41.8 Å². The number of carbonyl (C=O) groups excluding carboxylic acids is 3. The second-order valence-corrected chi connectivity index (χ2v) is 8.53. The number of thioether (sulfide) groups is 1. The Morgan fingerprint density at radius 2 is 2.03 bits per heavy atom. The number of aryl methyl sites for hydroxylation is 1. The van der Waals surface area contributed by atoms with Gasteiger partial charge in [-0.1, -0.05) is 59.6 Å². The summed E-state index contributed by atoms with van der Waals surface area (Å²) >= 11 is 7.30. The van der Waals surface area contributed by atoms with Crippen molar-refractivity contribution in [3.63, 3.8) is 0 Å². The van der Waals surface area contributed by atoms with Gasteiger partial charge in [-0.3, -0.25) is 19.3 Å². The van der Waals surface area contributed by atoms with Crippen LogP contribution in [-0.4, -0.2) is 44.9 Å². The molecule has 1 aliphatic carbocycles. The van der Waals surface area contributed by atoms with Gasteiger partial charge in [-0.2, -0.15) is 0 Å². The number of aromatic nitrogens is 1. The summed E-state index contributed by atoms with van der Waals surface area (Å²) in [6.45, 7) is 1.67. The highest BCUT2D eigenvalue weighted by molar-refractivity contribution is 8.14. The molecule has 29 heavy (non-hydrogen) atoms. The van der Waals surface area contributed by atoms with E-state index < -0.39 is 0 Å². The van der Waals surface area contributed by atoms with Gasteiger partial charge < -0.3 is 9.84 Å². The van der Waals surface area contributed by atoms with Crippen LogP contribution in [0.2, 0.25) is 5.02 Å². The molecular weight excluding hydrogens is 414 g/mol. The summed E-state index contributed by atoms with van der Waals surface area (Å²) in [6.07, 6.45) is 3.22. The zero-order valence-corrected chi connectivity index (χ0v) is 17.4. The lowest BCUT2D eigenvalue weighted by Gasteiger charge is -2.36. The molecule has 7 nitrogen and oxygen atoms in total. The van der Waals surface area contributed by atoms with Gasteiger partial charge in [0.15, 0.2) is 0 Å². The highest BCUT2D eigenvalue weighted by Crippen LogP contribution is 2.33. The van der Waals surface area contributed by atoms with E-state index in [0.29, 0.717) is 40.4 Å². The van der Waals surface area contributed by atoms with Crippen molar-refractivity contribution in [1.29, 1.82) is 0 Å². The predicted molar refractivity (Wildman–Crippen MR) is 110 cm³/mol. The standard InChI is InChI=1S/C20H20ClN3O4S/c1-11-17(18(23-28-11)12-6-2-3-7-13(12)21)19(26)22-14-8-4-5-9-15(14)24-16(25)10-29-20(24)27/h2-3,6-7,14-15H,4-5,8-10H2,1H3,(H,22,26)/t14-,15+/m1/s1. The molecule has 2 heterocycles. The molecule has 0 radical (unpaired) electrons. The molecule has 1 saturated carbocycles. The lowest BCUT2D eigenvalue weighted by Crippen LogP contribution is -2.54. The number of carbonyl (C=O) groups is 3. The third kappa shape index (κ3) is 3.79. The van der Waals surface area contributed by atoms with Crippen LogP contribution in [-0.2, 0) is 4.79 Å². The number of hydrogen-bond donors (Lipinski definition) is 1. The maximum Gasteiger partial charge on any atom is 0.289 e. The Bertz CT molecular complexity index is 960. The molecule has 4 rings (SSSR count). The molecule has 3 amide bonds. The quantitative estimate of drug-likeness (QED) is 0.782. The minimum Gasteiger partial charge on any atom is -0.360 e. The Hall–Kier alpha value is -2.32. The van der Waals surface area contributed by atoms with E-state index in [9.17, 15) is 14.4 Å². The number of benzene rings is 1. The molecule has 0 spiro atoms. The lowest BCUT2D eigenvalue weighted by atomic mass is 9.89. The highest BCUT2D eigenvalue weighted by atomic mass is 35.5. The zero-order valence-electron chi connectivity index (χ0n) is 15.8. The van der Waals surface area contributed by atoms with Crippen molar-refractivity contribution >= 4 is 40.4 Å². The number of imide groups is 1. The van der Waals surface area contributed by atoms with Crippen molar-refractivity contribution in [3.05, 3.63) is 40.6 Å². The summed E-state index contributed by atoms with van der Waals surface area (Å²) in [5.74, 6) is 0.0114. The van der Waals surface area contributed by atoms with Gasteiger partial charge in [0.2, 0.25) is 5.91 Å². The average molecular weight is 434 g/mol. The average Bonchev–Trinajstić information content (AvgIpc) is 3.25. The molecule has 2 atom stereocenters. The predicted octanol–water partition coefficient (Wildman–Crippen LogP) is 4.04. The maximum atomic E-state index is 13.2. The summed E-state index contributed by atoms with van der Waals surface area (Å²) in [5, 5.41) is 7.29. The minimum atomic E-state index is -0.345. The molecular formula is C20H20ClN3O4S. The topological polar surface area (TPSA) is 92.5 Å². The summed E-state index contributed by atoms with van der Waals surface area (Å²) in [5.41, 5.74) is 1.30. The Labute approximate surface area is 177 Å². The highest BCUT2D eigenvalue weighted by Gasteiger charge is 2.41. The molecule has 2 aliphatic rings. The first-order valence-corrected chi connectivity index (χ1v) is 10.8. The number of nitrogens with one attached hydrogen (secondary N) is 1. The molecule has 1 aromatic carbocycles. The number of rotatable bonds is 4. The molecule has 2 fully saturated rings. The van der Waals surface area contributed by atoms with E-state index in [0.717, 1.165) is 24.6 Å². The van der Waals surface area contributed by atoms with Crippen molar-refractivity contribution in [3.8, 4) is 11.3 Å². The van der Waals surface area contributed by atoms with Crippen LogP contribution in [0.5, 0.6) is 0 Å². The van der Waals surface area contributed by atoms with Crippen LogP contribution >= 0.6 is 23.4 Å². The molecule has 2 aromatic rings. The molecule has 9 heteroatoms. The molecule has 1 aliphatic heterocycles. The monoisotopic (exact) mass is 433 g/mol. The Kier molecular flexibility index (Phi) is 5.65. The first-order chi connectivity index (χ1) is 14.0. The van der Waals surface area contributed by atoms with E-state index in [1.54, 1.807) is 25.1 Å². The zero-order chi connectivity index (χ0) is 20.5. The Morgan fingerprint density at radius 3 is 2.76 bits per heavy atom. The van der Waals surface area contributed by atoms with Gasteiger partial charge >= 0.3 is 0 Å². The van der Waals surface area contributed by atoms with Crippen molar-refractivity contribution in [2.45, 2.75) is 44.7 Å². The fourth-order valence-corrected chi connectivity index (χ4v) is 4.98. The molecule has 0 unspecified atom stereocenters. The molecule has 1 saturated heterocycles. The van der Waals surface area contributed by atoms with Crippen molar-refractivity contribution in [1.82, 2.24) is 15.4 Å². The molecule has 0 bridgehead atoms. The smallest absolute Gasteiger partial charge is 0.289 e. The number of nitrogens with zero attached hydrogens (tertiary/aromatic N) is 2. The van der Waals surface area contributed by atoms with Gasteiger partial charge in [-0.15, -0.1) is 0 Å². The number of halogens is 1. The Balaban J connectivity index is 1.61. The van der Waals surface area contributed by atoms with E-state index in [1.807, 2.05) is 6.07 Å². The van der Waals surface area contributed by atoms with Gasteiger partial charge in [0.05, 0.1) is 22.9 Å². The van der Waals surface area contributed by atoms with Gasteiger partial charge in [0, 0.05) is 5.56 Å². The summed E-state index contributed by atoms with van der Waals surface area (Å²) in [4.78, 5) is 38.9. The SMILES string of the molecule is Cc1onc(-c2ccccc2Cl)c1C(=O)N[C@@H]1CCCC[C@@H]1N1C(=O)CSC1=O. The van der Waals surface area contributed by atoms with Crippen LogP contribution in [0.15, 0.2) is 28.8 Å². The van der Waals surface area contributed by atoms with Crippen LogP contribution in [0.3, 0.4) is 0 Å². The number of hydrogen-bond acceptors (Lipinski definition) is 6. The van der Waals surface area contributed by atoms with E-state index >= 15 is 0 Å². The minimum absolute atomic E-state index is 0.164. The van der Waals surface area contributed by atoms with Crippen LogP contribution in [0.4, 0.5) is 4.79 Å². The van der Waals surface area contributed by atoms with Gasteiger partial charge in [-0.05, 0) is 25.8 Å². The van der Waals surface area contributed by atoms with Crippen molar-refractivity contribution in [2.24, 2.45) is 0 Å². The molecule has 1 aromatic heterocycles. The van der Waals surface area contributed by atoms with E-state index in [-0.39, 0.29) is 34.9 Å². The Morgan fingerprint density at radius 1 is 1.28 bits per heavy atom. The van der Waals surface area contributed by atoms with Crippen molar-refractivity contribution in [2.75, 3.05) is 5.75 Å². The van der Waals surface area contributed by atoms with Gasteiger partial charge in [0.1, 0.15) is 17.0 Å². The van der Waals surface area contributed by atoms with Crippen molar-refractivity contribution < 1.29 is 18.9 Å². The third-order valence-electron chi connectivity index (χ3n) is 5.38. The third-order valence-corrected chi connectivity index (χ3v) is 6.55. The maximum absolute atomic E-state index is 13.2. The van der Waals surface area contributed by atoms with E-state index in [4.69, 9.17) is 16.1 Å². The van der Waals surface area contributed by atoms with Crippen LogP contribution in [0, 0.1) is 6.92 Å². The largest absolute Gasteiger partial charge is 0.360 e. The fourth-order valence-electron chi connectivity index (χ4n) is 3.99. The molecule has 1 N–H and O–H groups in total. The summed E-state index contributed by atoms with van der Waals surface area (Å²) in [7, 11) is 0. The second-order valence-electron chi connectivity index (χ2n) is 7.19. The lowest BCUT2D eigenvalue weighted by molar-refractivity contribution is -0.127. The van der Waals surface area contributed by atoms with Gasteiger partial charge in [0.25, 0.3) is 11.1 Å². The normalized spacial score (nSPS) is 22.2. The number of amides is 3. The molecule has 152 valence electrons. The first-order valence-electron chi connectivity index (χ1n) is 9.48.